The van der Waals surface area contributed by atoms with Crippen LogP contribution < -0.4 is 16.2 Å². The number of pyridine rings is 1. The predicted octanol–water partition coefficient (Wildman–Crippen LogP) is 3.17. The van der Waals surface area contributed by atoms with Crippen LogP contribution in [0.3, 0.4) is 0 Å². The third-order valence-electron chi connectivity index (χ3n) is 7.32. The van der Waals surface area contributed by atoms with Gasteiger partial charge in [0.05, 0.1) is 23.1 Å². The van der Waals surface area contributed by atoms with Gasteiger partial charge in [0.2, 0.25) is 11.8 Å². The van der Waals surface area contributed by atoms with Crippen molar-refractivity contribution in [3.63, 3.8) is 0 Å². The van der Waals surface area contributed by atoms with Crippen LogP contribution in [0.4, 0.5) is 5.69 Å². The molecule has 0 spiro atoms. The second-order valence-electron chi connectivity index (χ2n) is 10.7. The highest BCUT2D eigenvalue weighted by Gasteiger charge is 2.30. The Morgan fingerprint density at radius 3 is 2.57 bits per heavy atom. The van der Waals surface area contributed by atoms with Gasteiger partial charge in [0.25, 0.3) is 5.56 Å². The molecular weight excluding hydrogens is 468 g/mol. The minimum Gasteiger partial charge on any atom is -0.379 e. The van der Waals surface area contributed by atoms with E-state index in [4.69, 9.17) is 0 Å². The number of benzene rings is 1. The minimum atomic E-state index is -0.754. The van der Waals surface area contributed by atoms with E-state index in [1.54, 1.807) is 13.0 Å². The first-order chi connectivity index (χ1) is 17.8. The number of hydrogen-bond acceptors (Lipinski definition) is 7. The third kappa shape index (κ3) is 5.41. The Morgan fingerprint density at radius 2 is 1.86 bits per heavy atom. The average Bonchev–Trinajstić information content (AvgIpc) is 2.84. The van der Waals surface area contributed by atoms with Crippen LogP contribution in [0.1, 0.15) is 56.2 Å². The lowest BCUT2D eigenvalue weighted by molar-refractivity contribution is -0.135. The van der Waals surface area contributed by atoms with Crippen molar-refractivity contribution in [2.45, 2.75) is 59.2 Å². The van der Waals surface area contributed by atoms with Crippen LogP contribution in [0.2, 0.25) is 0 Å². The molecule has 0 aliphatic carbocycles. The number of carbonyl (C=O) groups excluding carboxylic acids is 2. The Balaban J connectivity index is 1.33. The smallest absolute Gasteiger partial charge is 0.264 e. The highest BCUT2D eigenvalue weighted by atomic mass is 16.2. The summed E-state index contributed by atoms with van der Waals surface area (Å²) in [6.45, 7) is 9.95. The molecule has 2 aliphatic heterocycles. The van der Waals surface area contributed by atoms with Crippen LogP contribution in [-0.4, -0.2) is 44.3 Å². The summed E-state index contributed by atoms with van der Waals surface area (Å²) in [4.78, 5) is 49.4. The molecule has 2 N–H and O–H groups in total. The maximum atomic E-state index is 13.6. The van der Waals surface area contributed by atoms with Gasteiger partial charge in [-0.15, -0.1) is 0 Å². The molecule has 4 heterocycles. The Bertz CT molecular complexity index is 1370. The summed E-state index contributed by atoms with van der Waals surface area (Å²) in [7, 11) is 0. The SMILES string of the molecule is Cc1nc2cccc(NCc3ccc(CN4CC(C)CC(C)C4)cn3)c2c(=O)n1C1CCC(=O)NC1=O. The number of nitrogens with one attached hydrogen (secondary N) is 2. The number of nitrogens with zero attached hydrogens (tertiary/aromatic N) is 4. The monoisotopic (exact) mass is 502 g/mol. The van der Waals surface area contributed by atoms with Crippen molar-refractivity contribution in [3.05, 3.63) is 64.0 Å². The molecule has 2 amide bonds. The van der Waals surface area contributed by atoms with Crippen LogP contribution in [0.5, 0.6) is 0 Å². The number of fused-ring (bicyclic) bond motifs is 1. The van der Waals surface area contributed by atoms with Gasteiger partial charge in [-0.3, -0.25) is 34.2 Å². The molecule has 3 unspecified atom stereocenters. The molecule has 2 fully saturated rings. The van der Waals surface area contributed by atoms with E-state index < -0.39 is 11.9 Å². The van der Waals surface area contributed by atoms with Crippen LogP contribution in [0, 0.1) is 18.8 Å². The summed E-state index contributed by atoms with van der Waals surface area (Å²) in [6, 6.07) is 8.87. The van der Waals surface area contributed by atoms with Crippen LogP contribution >= 0.6 is 0 Å². The highest BCUT2D eigenvalue weighted by Crippen LogP contribution is 2.24. The number of aryl methyl sites for hydroxylation is 1. The normalized spacial score (nSPS) is 22.7. The average molecular weight is 503 g/mol. The van der Waals surface area contributed by atoms with Gasteiger partial charge in [0.1, 0.15) is 11.9 Å². The number of anilines is 1. The summed E-state index contributed by atoms with van der Waals surface area (Å²) in [5.41, 5.74) is 2.96. The Kier molecular flexibility index (Phi) is 7.06. The largest absolute Gasteiger partial charge is 0.379 e. The standard InChI is InChI=1S/C28H34N6O3/c1-17-11-18(2)15-33(14-17)16-20-7-8-21(29-12-20)13-30-22-5-4-6-23-26(22)28(37)34(19(3)31-23)24-9-10-25(35)32-27(24)36/h4-8,12,17-18,24,30H,9-11,13-16H2,1-3H3,(H,32,35,36). The van der Waals surface area contributed by atoms with Crippen molar-refractivity contribution in [2.75, 3.05) is 18.4 Å². The van der Waals surface area contributed by atoms with E-state index in [0.717, 1.165) is 37.2 Å². The molecule has 5 rings (SSSR count). The fraction of sp³-hybridized carbons (Fsp3) is 0.464. The lowest BCUT2D eigenvalue weighted by atomic mass is 9.92. The third-order valence-corrected chi connectivity index (χ3v) is 7.32. The van der Waals surface area contributed by atoms with Crippen molar-refractivity contribution in [2.24, 2.45) is 11.8 Å². The number of carbonyl (C=O) groups is 2. The van der Waals surface area contributed by atoms with E-state index in [1.807, 2.05) is 24.4 Å². The summed E-state index contributed by atoms with van der Waals surface area (Å²) in [5.74, 6) is 1.10. The highest BCUT2D eigenvalue weighted by molar-refractivity contribution is 5.99. The van der Waals surface area contributed by atoms with E-state index in [1.165, 1.54) is 16.6 Å². The van der Waals surface area contributed by atoms with Gasteiger partial charge in [-0.05, 0) is 55.4 Å². The molecule has 194 valence electrons. The van der Waals surface area contributed by atoms with Gasteiger partial charge in [0, 0.05) is 37.9 Å². The molecule has 37 heavy (non-hydrogen) atoms. The first kappa shape index (κ1) is 25.1. The quantitative estimate of drug-likeness (QED) is 0.498. The van der Waals surface area contributed by atoms with Gasteiger partial charge in [-0.1, -0.05) is 26.0 Å². The number of hydrogen-bond donors (Lipinski definition) is 2. The van der Waals surface area contributed by atoms with Crippen molar-refractivity contribution in [1.29, 1.82) is 0 Å². The van der Waals surface area contributed by atoms with Crippen LogP contribution in [0.15, 0.2) is 41.3 Å². The molecule has 0 saturated carbocycles. The van der Waals surface area contributed by atoms with Crippen molar-refractivity contribution in [1.82, 2.24) is 24.8 Å². The summed E-state index contributed by atoms with van der Waals surface area (Å²) in [5, 5.41) is 6.10. The Labute approximate surface area is 216 Å². The molecule has 3 aromatic rings. The van der Waals surface area contributed by atoms with E-state index in [9.17, 15) is 14.4 Å². The zero-order valence-electron chi connectivity index (χ0n) is 21.7. The topological polar surface area (TPSA) is 109 Å². The summed E-state index contributed by atoms with van der Waals surface area (Å²) < 4.78 is 1.41. The molecule has 9 nitrogen and oxygen atoms in total. The van der Waals surface area contributed by atoms with Gasteiger partial charge >= 0.3 is 0 Å². The predicted molar refractivity (Wildman–Crippen MR) is 142 cm³/mol. The first-order valence-corrected chi connectivity index (χ1v) is 13.0. The molecule has 2 aromatic heterocycles. The van der Waals surface area contributed by atoms with Crippen molar-refractivity contribution < 1.29 is 9.59 Å². The number of piperidine rings is 2. The molecule has 0 bridgehead atoms. The zero-order chi connectivity index (χ0) is 26.1. The Morgan fingerprint density at radius 1 is 1.08 bits per heavy atom. The summed E-state index contributed by atoms with van der Waals surface area (Å²) >= 11 is 0. The number of amides is 2. The number of rotatable bonds is 6. The molecule has 2 aliphatic rings. The van der Waals surface area contributed by atoms with E-state index >= 15 is 0 Å². The molecule has 9 heteroatoms. The van der Waals surface area contributed by atoms with Crippen molar-refractivity contribution in [3.8, 4) is 0 Å². The maximum absolute atomic E-state index is 13.6. The molecule has 1 aromatic carbocycles. The zero-order valence-corrected chi connectivity index (χ0v) is 21.7. The maximum Gasteiger partial charge on any atom is 0.264 e. The number of likely N-dealkylation sites (tertiary alicyclic amines) is 1. The fourth-order valence-electron chi connectivity index (χ4n) is 5.81. The van der Waals surface area contributed by atoms with Crippen LogP contribution in [0.25, 0.3) is 10.9 Å². The van der Waals surface area contributed by atoms with Crippen molar-refractivity contribution >= 4 is 28.4 Å². The second kappa shape index (κ2) is 10.4. The van der Waals surface area contributed by atoms with Gasteiger partial charge in [-0.2, -0.15) is 0 Å². The van der Waals surface area contributed by atoms with E-state index in [0.29, 0.717) is 29.0 Å². The fourth-order valence-corrected chi connectivity index (χ4v) is 5.81. The van der Waals surface area contributed by atoms with Gasteiger partial charge in [0.15, 0.2) is 0 Å². The minimum absolute atomic E-state index is 0.192. The lowest BCUT2D eigenvalue weighted by Gasteiger charge is -2.34. The molecule has 0 radical (unpaired) electrons. The molecular formula is C28H34N6O3. The number of imide groups is 1. The molecule has 3 atom stereocenters. The second-order valence-corrected chi connectivity index (χ2v) is 10.7. The molecule has 2 saturated heterocycles. The van der Waals surface area contributed by atoms with E-state index in [2.05, 4.69) is 45.4 Å². The van der Waals surface area contributed by atoms with E-state index in [-0.39, 0.29) is 24.3 Å². The lowest BCUT2D eigenvalue weighted by Crippen LogP contribution is -2.45. The Hall–Kier alpha value is -3.59. The first-order valence-electron chi connectivity index (χ1n) is 13.0. The van der Waals surface area contributed by atoms with Gasteiger partial charge < -0.3 is 5.32 Å². The van der Waals surface area contributed by atoms with Gasteiger partial charge in [-0.25, -0.2) is 4.98 Å². The van der Waals surface area contributed by atoms with Crippen LogP contribution in [-0.2, 0) is 22.7 Å². The number of aromatic nitrogens is 3. The summed E-state index contributed by atoms with van der Waals surface area (Å²) in [6.07, 6.45) is 3.70.